The Kier molecular flexibility index (Phi) is 10.1. The molecule has 1 saturated heterocycles. The number of carbonyl (C=O) groups is 1. The molecule has 0 amide bonds. The summed E-state index contributed by atoms with van der Waals surface area (Å²) in [4.78, 5) is 30.3. The van der Waals surface area contributed by atoms with E-state index < -0.39 is 68.4 Å². The van der Waals surface area contributed by atoms with E-state index in [1.807, 2.05) is 13.8 Å². The van der Waals surface area contributed by atoms with Gasteiger partial charge in [-0.1, -0.05) is 20.8 Å². The average Bonchev–Trinajstić information content (AvgIpc) is 2.63. The minimum atomic E-state index is -4.45. The quantitative estimate of drug-likeness (QED) is 0.172. The van der Waals surface area contributed by atoms with Crippen LogP contribution >= 0.6 is 7.60 Å². The lowest BCUT2D eigenvalue weighted by Crippen LogP contribution is -2.61. The monoisotopic (exact) mass is 444 g/mol. The summed E-state index contributed by atoms with van der Waals surface area (Å²) >= 11 is 0. The SMILES string of the molecule is CC(C)C(CO)OCC(C)C1OC(C(=O)OCC(C)P(=O)(O)O)C(O)C(O)C1O. The van der Waals surface area contributed by atoms with Gasteiger partial charge < -0.3 is 44.4 Å². The summed E-state index contributed by atoms with van der Waals surface area (Å²) in [6.07, 6.45) is -8.17. The minimum Gasteiger partial charge on any atom is -0.463 e. The molecule has 0 bridgehead atoms. The lowest BCUT2D eigenvalue weighted by atomic mass is 9.89. The molecule has 0 spiro atoms. The first kappa shape index (κ1) is 26.4. The Bertz CT molecular complexity index is 566. The zero-order valence-corrected chi connectivity index (χ0v) is 17.9. The Labute approximate surface area is 169 Å². The van der Waals surface area contributed by atoms with Gasteiger partial charge in [-0.2, -0.15) is 0 Å². The summed E-state index contributed by atoms with van der Waals surface area (Å²) < 4.78 is 27.0. The van der Waals surface area contributed by atoms with E-state index in [0.717, 1.165) is 0 Å². The van der Waals surface area contributed by atoms with Crippen molar-refractivity contribution in [3.8, 4) is 0 Å². The molecule has 0 saturated carbocycles. The zero-order chi connectivity index (χ0) is 22.5. The van der Waals surface area contributed by atoms with Gasteiger partial charge >= 0.3 is 13.6 Å². The number of ether oxygens (including phenoxy) is 3. The van der Waals surface area contributed by atoms with Crippen molar-refractivity contribution in [3.05, 3.63) is 0 Å². The van der Waals surface area contributed by atoms with Gasteiger partial charge in [0, 0.05) is 5.92 Å². The molecular weight excluding hydrogens is 411 g/mol. The lowest BCUT2D eigenvalue weighted by molar-refractivity contribution is -0.242. The van der Waals surface area contributed by atoms with Gasteiger partial charge in [0.2, 0.25) is 0 Å². The van der Waals surface area contributed by atoms with Gasteiger partial charge in [-0.15, -0.1) is 0 Å². The standard InChI is InChI=1S/C17H33O11P/c1-8(2)11(5-18)26-6-9(3)15-13(20)12(19)14(21)16(28-15)17(22)27-7-10(4)29(23,24)25/h8-16,18-21H,5-7H2,1-4H3,(H2,23,24,25). The molecule has 0 aromatic carbocycles. The number of aliphatic hydroxyl groups is 4. The van der Waals surface area contributed by atoms with E-state index in [1.165, 1.54) is 6.92 Å². The fourth-order valence-corrected chi connectivity index (χ4v) is 3.05. The van der Waals surface area contributed by atoms with Crippen LogP contribution in [0.4, 0.5) is 0 Å². The van der Waals surface area contributed by atoms with Crippen LogP contribution in [0.1, 0.15) is 27.7 Å². The molecule has 8 unspecified atom stereocenters. The van der Waals surface area contributed by atoms with Crippen LogP contribution in [0.5, 0.6) is 0 Å². The molecular formula is C17H33O11P. The Morgan fingerprint density at radius 3 is 2.10 bits per heavy atom. The van der Waals surface area contributed by atoms with Gasteiger partial charge in [0.15, 0.2) is 6.10 Å². The zero-order valence-electron chi connectivity index (χ0n) is 17.0. The van der Waals surface area contributed by atoms with Crippen molar-refractivity contribution in [2.24, 2.45) is 11.8 Å². The van der Waals surface area contributed by atoms with Crippen molar-refractivity contribution in [3.63, 3.8) is 0 Å². The van der Waals surface area contributed by atoms with E-state index in [9.17, 15) is 29.8 Å². The van der Waals surface area contributed by atoms with Crippen LogP contribution in [0.3, 0.4) is 0 Å². The highest BCUT2D eigenvalue weighted by Crippen LogP contribution is 2.40. The average molecular weight is 444 g/mol. The molecule has 0 aromatic rings. The van der Waals surface area contributed by atoms with Crippen molar-refractivity contribution in [2.75, 3.05) is 19.8 Å². The summed E-state index contributed by atoms with van der Waals surface area (Å²) in [6, 6.07) is 0. The number of esters is 1. The Morgan fingerprint density at radius 2 is 1.62 bits per heavy atom. The van der Waals surface area contributed by atoms with Gasteiger partial charge in [-0.3, -0.25) is 4.57 Å². The summed E-state index contributed by atoms with van der Waals surface area (Å²) in [6.45, 7) is 5.80. The molecule has 1 aliphatic heterocycles. The molecule has 0 radical (unpaired) electrons. The van der Waals surface area contributed by atoms with E-state index >= 15 is 0 Å². The first-order chi connectivity index (χ1) is 13.3. The number of rotatable bonds is 10. The van der Waals surface area contributed by atoms with Crippen LogP contribution in [0, 0.1) is 11.8 Å². The van der Waals surface area contributed by atoms with Crippen LogP contribution < -0.4 is 0 Å². The van der Waals surface area contributed by atoms with E-state index in [0.29, 0.717) is 0 Å². The topological polar surface area (TPSA) is 183 Å². The van der Waals surface area contributed by atoms with Crippen molar-refractivity contribution in [1.82, 2.24) is 0 Å². The normalized spacial score (nSPS) is 31.3. The summed E-state index contributed by atoms with van der Waals surface area (Å²) in [5, 5.41) is 39.8. The van der Waals surface area contributed by atoms with Gasteiger partial charge in [0.1, 0.15) is 24.9 Å². The molecule has 0 aliphatic carbocycles. The predicted octanol–water partition coefficient (Wildman–Crippen LogP) is -1.38. The van der Waals surface area contributed by atoms with Gasteiger partial charge in [-0.25, -0.2) is 4.79 Å². The third-order valence-corrected chi connectivity index (χ3v) is 6.28. The highest BCUT2D eigenvalue weighted by molar-refractivity contribution is 7.52. The van der Waals surface area contributed by atoms with Crippen LogP contribution in [0.2, 0.25) is 0 Å². The van der Waals surface area contributed by atoms with E-state index in [4.69, 9.17) is 24.0 Å². The Hall–Kier alpha value is -0.620. The van der Waals surface area contributed by atoms with Crippen LogP contribution in [-0.4, -0.2) is 98.3 Å². The molecule has 1 rings (SSSR count). The summed E-state index contributed by atoms with van der Waals surface area (Å²) in [7, 11) is -4.45. The second kappa shape index (κ2) is 11.1. The summed E-state index contributed by atoms with van der Waals surface area (Å²) in [5.74, 6) is -1.60. The van der Waals surface area contributed by atoms with E-state index in [-0.39, 0.29) is 19.1 Å². The van der Waals surface area contributed by atoms with Crippen LogP contribution in [0.15, 0.2) is 0 Å². The molecule has 8 atom stereocenters. The van der Waals surface area contributed by atoms with Crippen molar-refractivity contribution < 1.29 is 53.8 Å². The highest BCUT2D eigenvalue weighted by Gasteiger charge is 2.49. The van der Waals surface area contributed by atoms with Gasteiger partial charge in [0.05, 0.1) is 31.1 Å². The molecule has 12 heteroatoms. The summed E-state index contributed by atoms with van der Waals surface area (Å²) in [5.41, 5.74) is -1.25. The van der Waals surface area contributed by atoms with E-state index in [1.54, 1.807) is 6.92 Å². The molecule has 172 valence electrons. The maximum atomic E-state index is 12.2. The molecule has 0 aromatic heterocycles. The molecule has 6 N–H and O–H groups in total. The largest absolute Gasteiger partial charge is 0.463 e. The smallest absolute Gasteiger partial charge is 0.338 e. The minimum absolute atomic E-state index is 0.0375. The predicted molar refractivity (Wildman–Crippen MR) is 100.0 cm³/mol. The third kappa shape index (κ3) is 7.23. The third-order valence-electron chi connectivity index (χ3n) is 4.98. The second-order valence-electron chi connectivity index (χ2n) is 7.84. The number of aliphatic hydroxyl groups excluding tert-OH is 4. The maximum absolute atomic E-state index is 12.2. The number of hydrogen-bond acceptors (Lipinski definition) is 9. The van der Waals surface area contributed by atoms with Gasteiger partial charge in [-0.05, 0) is 12.8 Å². The first-order valence-corrected chi connectivity index (χ1v) is 11.1. The maximum Gasteiger partial charge on any atom is 0.338 e. The van der Waals surface area contributed by atoms with Crippen molar-refractivity contribution >= 4 is 13.6 Å². The van der Waals surface area contributed by atoms with Gasteiger partial charge in [0.25, 0.3) is 0 Å². The lowest BCUT2D eigenvalue weighted by Gasteiger charge is -2.42. The van der Waals surface area contributed by atoms with Crippen molar-refractivity contribution in [2.45, 2.75) is 70.0 Å². The molecule has 1 aliphatic rings. The fraction of sp³-hybridized carbons (Fsp3) is 0.941. The van der Waals surface area contributed by atoms with Crippen molar-refractivity contribution in [1.29, 1.82) is 0 Å². The Balaban J connectivity index is 2.78. The molecule has 1 heterocycles. The number of carbonyl (C=O) groups excluding carboxylic acids is 1. The molecule has 11 nitrogen and oxygen atoms in total. The van der Waals surface area contributed by atoms with Crippen LogP contribution in [-0.2, 0) is 23.6 Å². The van der Waals surface area contributed by atoms with E-state index in [2.05, 4.69) is 0 Å². The molecule has 1 fully saturated rings. The molecule has 29 heavy (non-hydrogen) atoms. The first-order valence-electron chi connectivity index (χ1n) is 9.45. The fourth-order valence-electron chi connectivity index (χ4n) is 2.78. The van der Waals surface area contributed by atoms with Crippen LogP contribution in [0.25, 0.3) is 0 Å². The Morgan fingerprint density at radius 1 is 1.03 bits per heavy atom. The second-order valence-corrected chi connectivity index (χ2v) is 9.90. The number of hydrogen-bond donors (Lipinski definition) is 6. The highest BCUT2D eigenvalue weighted by atomic mass is 31.2.